The van der Waals surface area contributed by atoms with Crippen LogP contribution in [-0.4, -0.2) is 4.92 Å². The van der Waals surface area contributed by atoms with Crippen LogP contribution in [0.3, 0.4) is 0 Å². The predicted octanol–water partition coefficient (Wildman–Crippen LogP) is -0.778. The molecule has 0 aliphatic heterocycles. The summed E-state index contributed by atoms with van der Waals surface area (Å²) in [5.74, 6) is -0.742. The molecule has 0 heterocycles. The lowest BCUT2D eigenvalue weighted by Gasteiger charge is -1.86. The molecular formula is C6H3ClFN3O2. The highest BCUT2D eigenvalue weighted by atomic mass is 35.5. The zero-order chi connectivity index (χ0) is 9.14. The van der Waals surface area contributed by atoms with Crippen LogP contribution in [0.25, 0.3) is 4.98 Å². The molecule has 13 heavy (non-hydrogen) atoms. The van der Waals surface area contributed by atoms with Gasteiger partial charge in [0.25, 0.3) is 0 Å². The molecule has 1 aromatic rings. The maximum absolute atomic E-state index is 12.4. The highest BCUT2D eigenvalue weighted by molar-refractivity contribution is 5.61. The van der Waals surface area contributed by atoms with Gasteiger partial charge in [0.2, 0.25) is 5.39 Å². The zero-order valence-electron chi connectivity index (χ0n) is 6.15. The molecule has 0 aromatic heterocycles. The van der Waals surface area contributed by atoms with Crippen molar-refractivity contribution in [3.8, 4) is 0 Å². The Kier molecular flexibility index (Phi) is 3.75. The molecule has 0 aliphatic rings. The monoisotopic (exact) mass is 203 g/mol. The van der Waals surface area contributed by atoms with Crippen LogP contribution in [-0.2, 0) is 0 Å². The van der Waals surface area contributed by atoms with Crippen LogP contribution >= 0.6 is 0 Å². The van der Waals surface area contributed by atoms with Crippen molar-refractivity contribution in [1.29, 1.82) is 5.39 Å². The molecule has 0 saturated heterocycles. The lowest BCUT2D eigenvalue weighted by molar-refractivity contribution is -0.384. The molecule has 7 heteroatoms. The van der Waals surface area contributed by atoms with Gasteiger partial charge >= 0.3 is 11.4 Å². The smallest absolute Gasteiger partial charge is 0.461 e. The summed E-state index contributed by atoms with van der Waals surface area (Å²) in [5.41, 5.74) is -0.820. The fourth-order valence-electron chi connectivity index (χ4n) is 0.727. The van der Waals surface area contributed by atoms with Gasteiger partial charge < -0.3 is 12.4 Å². The number of hydrogen-bond donors (Lipinski definition) is 0. The van der Waals surface area contributed by atoms with Gasteiger partial charge in [-0.15, -0.1) is 0 Å². The molecule has 0 amide bonds. The SMILES string of the molecule is N#[N+]c1ccc(F)cc1[N+](=O)[O-].[Cl-]. The quantitative estimate of drug-likeness (QED) is 0.342. The first-order valence-electron chi connectivity index (χ1n) is 2.94. The molecule has 0 N–H and O–H groups in total. The van der Waals surface area contributed by atoms with E-state index >= 15 is 0 Å². The number of nitro groups is 1. The molecule has 68 valence electrons. The van der Waals surface area contributed by atoms with Gasteiger partial charge in [-0.1, -0.05) is 0 Å². The summed E-state index contributed by atoms with van der Waals surface area (Å²) in [5, 5.41) is 18.5. The van der Waals surface area contributed by atoms with Gasteiger partial charge in [0.05, 0.1) is 11.0 Å². The molecule has 5 nitrogen and oxygen atoms in total. The normalized spacial score (nSPS) is 8.31. The van der Waals surface area contributed by atoms with E-state index in [0.717, 1.165) is 12.1 Å². The average molecular weight is 204 g/mol. The van der Waals surface area contributed by atoms with Gasteiger partial charge in [-0.2, -0.15) is 0 Å². The van der Waals surface area contributed by atoms with Crippen molar-refractivity contribution in [2.24, 2.45) is 0 Å². The second-order valence-corrected chi connectivity index (χ2v) is 1.99. The van der Waals surface area contributed by atoms with E-state index < -0.39 is 16.4 Å². The Balaban J connectivity index is 0.00000144. The Morgan fingerprint density at radius 2 is 2.15 bits per heavy atom. The van der Waals surface area contributed by atoms with Crippen LogP contribution < -0.4 is 12.4 Å². The van der Waals surface area contributed by atoms with E-state index in [1.54, 1.807) is 0 Å². The molecule has 0 bridgehead atoms. The summed E-state index contributed by atoms with van der Waals surface area (Å²) in [6.07, 6.45) is 0. The molecule has 0 atom stereocenters. The largest absolute Gasteiger partial charge is 1.00 e. The van der Waals surface area contributed by atoms with E-state index in [2.05, 4.69) is 4.98 Å². The van der Waals surface area contributed by atoms with E-state index in [-0.39, 0.29) is 18.1 Å². The Hall–Kier alpha value is -1.74. The molecular weight excluding hydrogens is 201 g/mol. The molecule has 0 fully saturated rings. The summed E-state index contributed by atoms with van der Waals surface area (Å²) in [4.78, 5) is 12.0. The lowest BCUT2D eigenvalue weighted by Crippen LogP contribution is -3.00. The fourth-order valence-corrected chi connectivity index (χ4v) is 0.727. The van der Waals surface area contributed by atoms with Crippen LogP contribution in [0.1, 0.15) is 0 Å². The van der Waals surface area contributed by atoms with Crippen molar-refractivity contribution >= 4 is 11.4 Å². The third kappa shape index (κ3) is 2.35. The summed E-state index contributed by atoms with van der Waals surface area (Å²) in [6, 6.07) is 2.69. The number of nitrogens with zero attached hydrogens (tertiary/aromatic N) is 3. The minimum absolute atomic E-state index is 0. The standard InChI is InChI=1S/C6H3FN3O2.ClH/c7-4-1-2-5(9-8)6(3-4)10(11)12;/h1-3H;1H/q+1;/p-1. The first-order valence-corrected chi connectivity index (χ1v) is 2.94. The first-order chi connectivity index (χ1) is 5.65. The maximum atomic E-state index is 12.4. The first kappa shape index (κ1) is 11.3. The number of halogens is 2. The molecule has 0 aliphatic carbocycles. The summed E-state index contributed by atoms with van der Waals surface area (Å²) in [7, 11) is 0. The van der Waals surface area contributed by atoms with Crippen molar-refractivity contribution in [2.45, 2.75) is 0 Å². The third-order valence-corrected chi connectivity index (χ3v) is 1.24. The van der Waals surface area contributed by atoms with Crippen molar-refractivity contribution in [3.05, 3.63) is 39.1 Å². The number of hydrogen-bond acceptors (Lipinski definition) is 3. The molecule has 1 aromatic carbocycles. The Morgan fingerprint density at radius 1 is 1.54 bits per heavy atom. The summed E-state index contributed by atoms with van der Waals surface area (Å²) < 4.78 is 12.4. The fraction of sp³-hybridized carbons (Fsp3) is 0. The van der Waals surface area contributed by atoms with E-state index in [1.807, 2.05) is 0 Å². The van der Waals surface area contributed by atoms with E-state index in [4.69, 9.17) is 5.39 Å². The van der Waals surface area contributed by atoms with Crippen molar-refractivity contribution in [3.63, 3.8) is 0 Å². The summed E-state index contributed by atoms with van der Waals surface area (Å²) >= 11 is 0. The minimum Gasteiger partial charge on any atom is -1.00 e. The van der Waals surface area contributed by atoms with Gasteiger partial charge in [-0.3, -0.25) is 10.1 Å². The van der Waals surface area contributed by atoms with Crippen LogP contribution in [0.15, 0.2) is 18.2 Å². The number of rotatable bonds is 1. The minimum atomic E-state index is -0.821. The molecule has 0 radical (unpaired) electrons. The van der Waals surface area contributed by atoms with Crippen molar-refractivity contribution in [1.82, 2.24) is 0 Å². The van der Waals surface area contributed by atoms with Gasteiger partial charge in [0.1, 0.15) is 5.82 Å². The Labute approximate surface area is 78.4 Å². The van der Waals surface area contributed by atoms with Crippen molar-refractivity contribution in [2.75, 3.05) is 0 Å². The van der Waals surface area contributed by atoms with Crippen LogP contribution in [0, 0.1) is 21.3 Å². The summed E-state index contributed by atoms with van der Waals surface area (Å²) in [6.45, 7) is 0. The predicted molar refractivity (Wildman–Crippen MR) is 37.8 cm³/mol. The number of benzene rings is 1. The second-order valence-electron chi connectivity index (χ2n) is 1.99. The zero-order valence-corrected chi connectivity index (χ0v) is 6.90. The van der Waals surface area contributed by atoms with Crippen LogP contribution in [0.5, 0.6) is 0 Å². The second kappa shape index (κ2) is 4.33. The van der Waals surface area contributed by atoms with Crippen LogP contribution in [0.2, 0.25) is 0 Å². The highest BCUT2D eigenvalue weighted by Gasteiger charge is 2.24. The van der Waals surface area contributed by atoms with Gasteiger partial charge in [0.15, 0.2) is 4.98 Å². The molecule has 0 saturated carbocycles. The van der Waals surface area contributed by atoms with Crippen molar-refractivity contribution < 1.29 is 21.7 Å². The molecule has 0 spiro atoms. The van der Waals surface area contributed by atoms with Gasteiger partial charge in [-0.25, -0.2) is 4.39 Å². The van der Waals surface area contributed by atoms with E-state index in [0.29, 0.717) is 6.07 Å². The van der Waals surface area contributed by atoms with Gasteiger partial charge in [0, 0.05) is 6.07 Å². The van der Waals surface area contributed by atoms with Gasteiger partial charge in [-0.05, 0) is 6.07 Å². The molecule has 1 rings (SSSR count). The number of diazo groups is 1. The Bertz CT molecular complexity index is 377. The Morgan fingerprint density at radius 3 is 2.62 bits per heavy atom. The maximum Gasteiger partial charge on any atom is 0.461 e. The lowest BCUT2D eigenvalue weighted by atomic mass is 10.3. The average Bonchev–Trinajstić information content (AvgIpc) is 2.04. The highest BCUT2D eigenvalue weighted by Crippen LogP contribution is 2.27. The molecule has 0 unspecified atom stereocenters. The van der Waals surface area contributed by atoms with E-state index in [1.165, 1.54) is 0 Å². The number of nitro benzene ring substituents is 1. The van der Waals surface area contributed by atoms with Crippen LogP contribution in [0.4, 0.5) is 15.8 Å². The third-order valence-electron chi connectivity index (χ3n) is 1.24. The topological polar surface area (TPSA) is 71.3 Å². The van der Waals surface area contributed by atoms with E-state index in [9.17, 15) is 14.5 Å².